The molecule has 0 saturated heterocycles. The number of nitrogens with two attached hydrogens (primary N) is 1. The molecule has 0 heterocycles. The number of benzene rings is 1. The summed E-state index contributed by atoms with van der Waals surface area (Å²) in [6.45, 7) is 2.79. The van der Waals surface area contributed by atoms with Crippen molar-refractivity contribution in [2.75, 3.05) is 6.54 Å². The van der Waals surface area contributed by atoms with Crippen LogP contribution >= 0.6 is 0 Å². The van der Waals surface area contributed by atoms with Crippen LogP contribution in [-0.4, -0.2) is 17.5 Å². The van der Waals surface area contributed by atoms with Crippen molar-refractivity contribution >= 4 is 5.84 Å². The fourth-order valence-electron chi connectivity index (χ4n) is 0.956. The predicted octanol–water partition coefficient (Wildman–Crippen LogP) is 1.51. The summed E-state index contributed by atoms with van der Waals surface area (Å²) in [7, 11) is 0. The Kier molecular flexibility index (Phi) is 3.31. The first-order valence-corrected chi connectivity index (χ1v) is 4.33. The number of aliphatic imine (C=N–C) groups is 1. The zero-order chi connectivity index (χ0) is 9.68. The molecule has 0 aliphatic heterocycles. The molecule has 0 spiro atoms. The molecule has 0 aliphatic rings. The lowest BCUT2D eigenvalue weighted by atomic mass is 10.2. The van der Waals surface area contributed by atoms with Gasteiger partial charge in [-0.1, -0.05) is 6.92 Å². The van der Waals surface area contributed by atoms with Crippen LogP contribution < -0.4 is 5.73 Å². The van der Waals surface area contributed by atoms with E-state index in [9.17, 15) is 0 Å². The second-order valence-corrected chi connectivity index (χ2v) is 2.81. The van der Waals surface area contributed by atoms with Crippen molar-refractivity contribution < 1.29 is 5.11 Å². The highest BCUT2D eigenvalue weighted by molar-refractivity contribution is 5.97. The Morgan fingerprint density at radius 2 is 2.00 bits per heavy atom. The first kappa shape index (κ1) is 9.58. The van der Waals surface area contributed by atoms with Gasteiger partial charge in [-0.05, 0) is 30.7 Å². The lowest BCUT2D eigenvalue weighted by Crippen LogP contribution is -2.13. The third-order valence-corrected chi connectivity index (χ3v) is 1.67. The molecule has 3 N–H and O–H groups in total. The van der Waals surface area contributed by atoms with Gasteiger partial charge in [-0.3, -0.25) is 4.99 Å². The van der Waals surface area contributed by atoms with E-state index in [1.807, 2.05) is 6.92 Å². The average molecular weight is 178 g/mol. The molecule has 1 rings (SSSR count). The first-order chi connectivity index (χ1) is 6.24. The monoisotopic (exact) mass is 178 g/mol. The number of amidine groups is 1. The Balaban J connectivity index is 2.77. The van der Waals surface area contributed by atoms with Crippen molar-refractivity contribution in [3.63, 3.8) is 0 Å². The molecule has 0 bridgehead atoms. The van der Waals surface area contributed by atoms with Crippen molar-refractivity contribution in [3.8, 4) is 5.75 Å². The third-order valence-electron chi connectivity index (χ3n) is 1.67. The summed E-state index contributed by atoms with van der Waals surface area (Å²) in [6.07, 6.45) is 0.985. The van der Waals surface area contributed by atoms with E-state index in [1.165, 1.54) is 0 Å². The molecule has 0 saturated carbocycles. The van der Waals surface area contributed by atoms with Crippen LogP contribution in [-0.2, 0) is 0 Å². The van der Waals surface area contributed by atoms with Gasteiger partial charge in [0.25, 0.3) is 0 Å². The summed E-state index contributed by atoms with van der Waals surface area (Å²) in [5.41, 5.74) is 6.55. The largest absolute Gasteiger partial charge is 0.508 e. The van der Waals surface area contributed by atoms with Crippen molar-refractivity contribution in [3.05, 3.63) is 29.8 Å². The van der Waals surface area contributed by atoms with E-state index in [-0.39, 0.29) is 5.75 Å². The average Bonchev–Trinajstić information content (AvgIpc) is 2.15. The minimum Gasteiger partial charge on any atom is -0.508 e. The molecule has 0 unspecified atom stereocenters. The van der Waals surface area contributed by atoms with Crippen molar-refractivity contribution in [1.29, 1.82) is 0 Å². The lowest BCUT2D eigenvalue weighted by molar-refractivity contribution is 0.475. The van der Waals surface area contributed by atoms with Crippen molar-refractivity contribution in [2.45, 2.75) is 13.3 Å². The summed E-state index contributed by atoms with van der Waals surface area (Å²) < 4.78 is 0. The second kappa shape index (κ2) is 4.50. The van der Waals surface area contributed by atoms with Crippen LogP contribution in [0.3, 0.4) is 0 Å². The van der Waals surface area contributed by atoms with E-state index in [0.717, 1.165) is 18.5 Å². The molecule has 1 aromatic carbocycles. The van der Waals surface area contributed by atoms with E-state index in [2.05, 4.69) is 4.99 Å². The molecular formula is C10H14N2O. The number of aromatic hydroxyl groups is 1. The maximum Gasteiger partial charge on any atom is 0.125 e. The molecule has 13 heavy (non-hydrogen) atoms. The van der Waals surface area contributed by atoms with Crippen LogP contribution in [0, 0.1) is 0 Å². The zero-order valence-corrected chi connectivity index (χ0v) is 7.70. The topological polar surface area (TPSA) is 58.6 Å². The molecule has 0 aromatic heterocycles. The minimum atomic E-state index is 0.243. The van der Waals surface area contributed by atoms with Gasteiger partial charge in [0, 0.05) is 12.1 Å². The Morgan fingerprint density at radius 1 is 1.38 bits per heavy atom. The minimum absolute atomic E-state index is 0.243. The van der Waals surface area contributed by atoms with E-state index in [4.69, 9.17) is 10.8 Å². The van der Waals surface area contributed by atoms with Crippen LogP contribution in [0.15, 0.2) is 29.3 Å². The van der Waals surface area contributed by atoms with Gasteiger partial charge in [-0.15, -0.1) is 0 Å². The lowest BCUT2D eigenvalue weighted by Gasteiger charge is -2.00. The molecule has 3 nitrogen and oxygen atoms in total. The Bertz CT molecular complexity index is 290. The summed E-state index contributed by atoms with van der Waals surface area (Å²) >= 11 is 0. The van der Waals surface area contributed by atoms with Crippen LogP contribution in [0.4, 0.5) is 0 Å². The Labute approximate surface area is 77.9 Å². The molecule has 3 heteroatoms. The quantitative estimate of drug-likeness (QED) is 0.544. The SMILES string of the molecule is CCCN=C(N)c1ccc(O)cc1. The number of rotatable bonds is 3. The highest BCUT2D eigenvalue weighted by Gasteiger charge is 1.96. The van der Waals surface area contributed by atoms with Crippen LogP contribution in [0.1, 0.15) is 18.9 Å². The molecule has 1 aromatic rings. The van der Waals surface area contributed by atoms with Gasteiger partial charge in [-0.25, -0.2) is 0 Å². The van der Waals surface area contributed by atoms with Gasteiger partial charge in [0.05, 0.1) is 0 Å². The number of phenols is 1. The highest BCUT2D eigenvalue weighted by atomic mass is 16.3. The summed E-state index contributed by atoms with van der Waals surface area (Å²) in [4.78, 5) is 4.16. The fraction of sp³-hybridized carbons (Fsp3) is 0.300. The van der Waals surface area contributed by atoms with Crippen LogP contribution in [0.2, 0.25) is 0 Å². The van der Waals surface area contributed by atoms with E-state index < -0.39 is 0 Å². The molecule has 0 amide bonds. The van der Waals surface area contributed by atoms with E-state index in [0.29, 0.717) is 5.84 Å². The number of nitrogens with zero attached hydrogens (tertiary/aromatic N) is 1. The van der Waals surface area contributed by atoms with E-state index >= 15 is 0 Å². The summed E-state index contributed by atoms with van der Waals surface area (Å²) in [5, 5.41) is 9.03. The number of phenolic OH excluding ortho intramolecular Hbond substituents is 1. The highest BCUT2D eigenvalue weighted by Crippen LogP contribution is 2.09. The molecule has 0 aliphatic carbocycles. The maximum absolute atomic E-state index is 9.03. The van der Waals surface area contributed by atoms with Crippen molar-refractivity contribution in [1.82, 2.24) is 0 Å². The van der Waals surface area contributed by atoms with Gasteiger partial charge < -0.3 is 10.8 Å². The number of hydrogen-bond donors (Lipinski definition) is 2. The van der Waals surface area contributed by atoms with Gasteiger partial charge in [0.15, 0.2) is 0 Å². The second-order valence-electron chi connectivity index (χ2n) is 2.81. The Hall–Kier alpha value is -1.51. The van der Waals surface area contributed by atoms with Gasteiger partial charge in [0.1, 0.15) is 11.6 Å². The normalized spacial score (nSPS) is 11.6. The third kappa shape index (κ3) is 2.78. The Morgan fingerprint density at radius 3 is 2.54 bits per heavy atom. The first-order valence-electron chi connectivity index (χ1n) is 4.33. The summed E-state index contributed by atoms with van der Waals surface area (Å²) in [6, 6.07) is 6.71. The maximum atomic E-state index is 9.03. The molecular weight excluding hydrogens is 164 g/mol. The molecule has 0 atom stereocenters. The van der Waals surface area contributed by atoms with Gasteiger partial charge >= 0.3 is 0 Å². The van der Waals surface area contributed by atoms with E-state index in [1.54, 1.807) is 24.3 Å². The van der Waals surface area contributed by atoms with Crippen LogP contribution in [0.5, 0.6) is 5.75 Å². The van der Waals surface area contributed by atoms with Crippen LogP contribution in [0.25, 0.3) is 0 Å². The predicted molar refractivity (Wildman–Crippen MR) is 54.0 cm³/mol. The molecule has 0 radical (unpaired) electrons. The molecule has 0 fully saturated rings. The smallest absolute Gasteiger partial charge is 0.125 e. The van der Waals surface area contributed by atoms with Gasteiger partial charge in [0.2, 0.25) is 0 Å². The fourth-order valence-corrected chi connectivity index (χ4v) is 0.956. The standard InChI is InChI=1S/C10H14N2O/c1-2-7-12-10(11)8-3-5-9(13)6-4-8/h3-6,13H,2,7H2,1H3,(H2,11,12). The molecule has 70 valence electrons. The van der Waals surface area contributed by atoms with Crippen molar-refractivity contribution in [2.24, 2.45) is 10.7 Å². The zero-order valence-electron chi connectivity index (χ0n) is 7.70. The summed E-state index contributed by atoms with van der Waals surface area (Å²) in [5.74, 6) is 0.772. The van der Waals surface area contributed by atoms with Gasteiger partial charge in [-0.2, -0.15) is 0 Å². The number of hydrogen-bond acceptors (Lipinski definition) is 2.